The van der Waals surface area contributed by atoms with Crippen LogP contribution in [0.15, 0.2) is 11.0 Å². The standard InChI is InChI=1S/C16H20N4O6S/c1-3-9(25-7(2)21)10-4-8(5-12(22)23)14(26-10)20-13-11(27-16(20)24)6-18-15(17)19-13/h6,8-10,14H,3-5H2,1-2H3,(H,22,23)(H2,17,18,19)/p-1/t8-,9?,10+,14-/m1/s1. The average Bonchev–Trinajstić information content (AvgIpc) is 3.11. The number of carbonyl (C=O) groups is 2. The van der Waals surface area contributed by atoms with Crippen LogP contribution in [0.25, 0.3) is 10.3 Å². The molecule has 0 amide bonds. The van der Waals surface area contributed by atoms with E-state index < -0.39 is 36.3 Å². The van der Waals surface area contributed by atoms with Gasteiger partial charge in [-0.25, -0.2) is 4.98 Å². The maximum atomic E-state index is 12.5. The van der Waals surface area contributed by atoms with Crippen molar-refractivity contribution in [2.75, 3.05) is 5.73 Å². The molecule has 146 valence electrons. The van der Waals surface area contributed by atoms with Crippen LogP contribution >= 0.6 is 11.3 Å². The van der Waals surface area contributed by atoms with Gasteiger partial charge in [-0.2, -0.15) is 4.98 Å². The second kappa shape index (κ2) is 7.61. The van der Waals surface area contributed by atoms with E-state index in [0.717, 1.165) is 11.3 Å². The number of thiazole rings is 1. The van der Waals surface area contributed by atoms with Gasteiger partial charge in [-0.05, 0) is 19.3 Å². The predicted molar refractivity (Wildman–Crippen MR) is 93.6 cm³/mol. The first kappa shape index (κ1) is 19.2. The van der Waals surface area contributed by atoms with Gasteiger partial charge in [0.25, 0.3) is 0 Å². The Morgan fingerprint density at radius 2 is 2.30 bits per heavy atom. The summed E-state index contributed by atoms with van der Waals surface area (Å²) in [7, 11) is 0. The van der Waals surface area contributed by atoms with Crippen molar-refractivity contribution in [3.8, 4) is 0 Å². The Labute approximate surface area is 157 Å². The van der Waals surface area contributed by atoms with Gasteiger partial charge in [0.1, 0.15) is 12.3 Å². The number of rotatable bonds is 6. The number of anilines is 1. The zero-order valence-corrected chi connectivity index (χ0v) is 15.6. The Morgan fingerprint density at radius 1 is 1.56 bits per heavy atom. The molecule has 2 N–H and O–H groups in total. The largest absolute Gasteiger partial charge is 0.550 e. The van der Waals surface area contributed by atoms with Crippen LogP contribution in [0.1, 0.15) is 39.3 Å². The first-order chi connectivity index (χ1) is 12.8. The van der Waals surface area contributed by atoms with Crippen molar-refractivity contribution < 1.29 is 24.2 Å². The number of nitrogens with zero attached hydrogens (tertiary/aromatic N) is 3. The van der Waals surface area contributed by atoms with Crippen LogP contribution < -0.4 is 15.7 Å². The van der Waals surface area contributed by atoms with E-state index in [0.29, 0.717) is 17.5 Å². The zero-order valence-electron chi connectivity index (χ0n) is 14.8. The van der Waals surface area contributed by atoms with E-state index in [-0.39, 0.29) is 22.9 Å². The molecule has 1 aliphatic heterocycles. The van der Waals surface area contributed by atoms with Gasteiger partial charge in [0, 0.05) is 18.8 Å². The van der Waals surface area contributed by atoms with Crippen LogP contribution in [0.5, 0.6) is 0 Å². The molecule has 0 saturated carbocycles. The molecule has 10 nitrogen and oxygen atoms in total. The fraction of sp³-hybridized carbons (Fsp3) is 0.562. The Bertz CT molecular complexity index is 925. The highest BCUT2D eigenvalue weighted by atomic mass is 32.1. The first-order valence-corrected chi connectivity index (χ1v) is 9.27. The Morgan fingerprint density at radius 3 is 2.93 bits per heavy atom. The van der Waals surface area contributed by atoms with Gasteiger partial charge in [0.2, 0.25) is 5.95 Å². The third-order valence-electron chi connectivity index (χ3n) is 4.45. The van der Waals surface area contributed by atoms with Crippen LogP contribution in [0.4, 0.5) is 5.95 Å². The summed E-state index contributed by atoms with van der Waals surface area (Å²) in [5.74, 6) is -2.26. The number of ether oxygens (including phenoxy) is 2. The molecule has 0 spiro atoms. The van der Waals surface area contributed by atoms with Crippen molar-refractivity contribution in [1.82, 2.24) is 14.5 Å². The van der Waals surface area contributed by atoms with Crippen LogP contribution in [0, 0.1) is 5.92 Å². The fourth-order valence-corrected chi connectivity index (χ4v) is 4.20. The number of nitrogens with two attached hydrogens (primary N) is 1. The number of carboxylic acid groups (broad SMARTS) is 1. The molecule has 2 aromatic heterocycles. The zero-order chi connectivity index (χ0) is 19.7. The second-order valence-electron chi connectivity index (χ2n) is 6.35. The molecule has 0 radical (unpaired) electrons. The molecular weight excluding hydrogens is 376 g/mol. The van der Waals surface area contributed by atoms with E-state index in [9.17, 15) is 19.5 Å². The molecular formula is C16H19N4O6S-. The number of hydrogen-bond donors (Lipinski definition) is 1. The number of nitrogen functional groups attached to an aromatic ring is 1. The SMILES string of the molecule is CCC(OC(C)=O)[C@@H]1C[C@H](CC(=O)[O-])[C@H](n2c(=O)sc3cnc(N)nc32)O1. The normalized spacial score (nSPS) is 23.4. The quantitative estimate of drug-likeness (QED) is 0.657. The average molecular weight is 395 g/mol. The molecule has 11 heteroatoms. The summed E-state index contributed by atoms with van der Waals surface area (Å²) in [5, 5.41) is 11.2. The summed E-state index contributed by atoms with van der Waals surface area (Å²) in [6, 6.07) is 0. The van der Waals surface area contributed by atoms with E-state index in [2.05, 4.69) is 9.97 Å². The van der Waals surface area contributed by atoms with Gasteiger partial charge in [-0.3, -0.25) is 14.2 Å². The fourth-order valence-electron chi connectivity index (χ4n) is 3.38. The lowest BCUT2D eigenvalue weighted by molar-refractivity contribution is -0.307. The first-order valence-electron chi connectivity index (χ1n) is 8.46. The highest BCUT2D eigenvalue weighted by Gasteiger charge is 2.42. The van der Waals surface area contributed by atoms with Gasteiger partial charge in [-0.15, -0.1) is 0 Å². The minimum Gasteiger partial charge on any atom is -0.550 e. The Balaban J connectivity index is 2.00. The van der Waals surface area contributed by atoms with Crippen molar-refractivity contribution >= 4 is 39.6 Å². The highest BCUT2D eigenvalue weighted by Crippen LogP contribution is 2.40. The molecule has 3 rings (SSSR count). The lowest BCUT2D eigenvalue weighted by Gasteiger charge is -2.22. The smallest absolute Gasteiger partial charge is 0.311 e. The monoisotopic (exact) mass is 395 g/mol. The van der Waals surface area contributed by atoms with E-state index in [1.807, 2.05) is 6.92 Å². The topological polar surface area (TPSA) is 149 Å². The molecule has 0 bridgehead atoms. The van der Waals surface area contributed by atoms with Crippen molar-refractivity contribution in [2.24, 2.45) is 5.92 Å². The predicted octanol–water partition coefficient (Wildman–Crippen LogP) is -0.179. The van der Waals surface area contributed by atoms with E-state index in [1.54, 1.807) is 0 Å². The number of esters is 1. The van der Waals surface area contributed by atoms with E-state index in [4.69, 9.17) is 15.2 Å². The van der Waals surface area contributed by atoms with Crippen LogP contribution in [0.3, 0.4) is 0 Å². The number of carboxylic acids is 1. The van der Waals surface area contributed by atoms with Gasteiger partial charge >= 0.3 is 10.8 Å². The van der Waals surface area contributed by atoms with E-state index >= 15 is 0 Å². The highest BCUT2D eigenvalue weighted by molar-refractivity contribution is 7.16. The molecule has 0 aliphatic carbocycles. The van der Waals surface area contributed by atoms with Crippen molar-refractivity contribution in [1.29, 1.82) is 0 Å². The van der Waals surface area contributed by atoms with E-state index in [1.165, 1.54) is 17.7 Å². The van der Waals surface area contributed by atoms with Crippen LogP contribution in [0.2, 0.25) is 0 Å². The maximum absolute atomic E-state index is 12.5. The number of hydrogen-bond acceptors (Lipinski definition) is 10. The molecule has 1 aliphatic rings. The maximum Gasteiger partial charge on any atom is 0.311 e. The third kappa shape index (κ3) is 3.93. The minimum atomic E-state index is -1.25. The molecule has 3 heterocycles. The Hall–Kier alpha value is -2.53. The molecule has 1 saturated heterocycles. The number of aliphatic carboxylic acids is 1. The molecule has 2 aromatic rings. The lowest BCUT2D eigenvalue weighted by atomic mass is 9.96. The van der Waals surface area contributed by atoms with Crippen molar-refractivity contribution in [3.63, 3.8) is 0 Å². The molecule has 1 unspecified atom stereocenters. The molecule has 27 heavy (non-hydrogen) atoms. The minimum absolute atomic E-state index is 0.00797. The summed E-state index contributed by atoms with van der Waals surface area (Å²) < 4.78 is 13.1. The van der Waals surface area contributed by atoms with Gasteiger partial charge in [-0.1, -0.05) is 18.3 Å². The summed E-state index contributed by atoms with van der Waals surface area (Å²) in [5.41, 5.74) is 5.92. The number of carbonyl (C=O) groups excluding carboxylic acids is 2. The second-order valence-corrected chi connectivity index (χ2v) is 7.34. The lowest BCUT2D eigenvalue weighted by Crippen LogP contribution is -2.31. The van der Waals surface area contributed by atoms with Gasteiger partial charge < -0.3 is 25.1 Å². The summed E-state index contributed by atoms with van der Waals surface area (Å²) in [6.45, 7) is 3.13. The van der Waals surface area contributed by atoms with Crippen molar-refractivity contribution in [2.45, 2.75) is 51.5 Å². The van der Waals surface area contributed by atoms with Gasteiger partial charge in [0.05, 0.1) is 17.0 Å². The summed E-state index contributed by atoms with van der Waals surface area (Å²) in [4.78, 5) is 42.7. The molecule has 1 fully saturated rings. The molecule has 4 atom stereocenters. The van der Waals surface area contributed by atoms with Gasteiger partial charge in [0.15, 0.2) is 5.65 Å². The number of fused-ring (bicyclic) bond motifs is 1. The third-order valence-corrected chi connectivity index (χ3v) is 5.33. The van der Waals surface area contributed by atoms with Crippen LogP contribution in [-0.2, 0) is 19.1 Å². The summed E-state index contributed by atoms with van der Waals surface area (Å²) in [6.07, 6.45) is -0.0478. The Kier molecular flexibility index (Phi) is 5.42. The summed E-state index contributed by atoms with van der Waals surface area (Å²) >= 11 is 0.920. The van der Waals surface area contributed by atoms with Crippen molar-refractivity contribution in [3.05, 3.63) is 15.9 Å². The molecule has 0 aromatic carbocycles. The van der Waals surface area contributed by atoms with Crippen LogP contribution in [-0.4, -0.2) is 38.7 Å². The number of aromatic nitrogens is 3.